The maximum Gasteiger partial charge on any atom is 0.247 e. The normalized spacial score (nSPS) is 12.2. The molecular formula is C20H18N4O. The summed E-state index contributed by atoms with van der Waals surface area (Å²) in [6, 6.07) is 23.8. The Labute approximate surface area is 145 Å². The molecule has 124 valence electrons. The van der Waals surface area contributed by atoms with Gasteiger partial charge in [0.1, 0.15) is 6.04 Å². The van der Waals surface area contributed by atoms with E-state index in [9.17, 15) is 0 Å². The van der Waals surface area contributed by atoms with E-state index in [1.807, 2.05) is 66.9 Å². The van der Waals surface area contributed by atoms with Crippen LogP contribution in [0.25, 0.3) is 11.5 Å². The minimum Gasteiger partial charge on any atom is -0.419 e. The minimum absolute atomic E-state index is 0.194. The molecule has 0 aliphatic carbocycles. The van der Waals surface area contributed by atoms with Gasteiger partial charge in [0.15, 0.2) is 0 Å². The predicted molar refractivity (Wildman–Crippen MR) is 95.7 cm³/mol. The third kappa shape index (κ3) is 3.51. The van der Waals surface area contributed by atoms with Crippen LogP contribution in [-0.2, 0) is 6.54 Å². The number of aromatic nitrogens is 3. The van der Waals surface area contributed by atoms with Gasteiger partial charge in [0.05, 0.1) is 0 Å². The van der Waals surface area contributed by atoms with Gasteiger partial charge in [0, 0.05) is 24.0 Å². The predicted octanol–water partition coefficient (Wildman–Crippen LogP) is 3.94. The summed E-state index contributed by atoms with van der Waals surface area (Å²) < 4.78 is 5.94. The van der Waals surface area contributed by atoms with E-state index in [2.05, 4.69) is 32.6 Å². The summed E-state index contributed by atoms with van der Waals surface area (Å²) in [6.07, 6.45) is 1.89. The van der Waals surface area contributed by atoms with E-state index >= 15 is 0 Å². The number of hydrogen-bond donors (Lipinski definition) is 2. The van der Waals surface area contributed by atoms with Crippen LogP contribution >= 0.6 is 0 Å². The molecule has 5 nitrogen and oxygen atoms in total. The largest absolute Gasteiger partial charge is 0.419 e. The highest BCUT2D eigenvalue weighted by Crippen LogP contribution is 2.24. The maximum atomic E-state index is 5.94. The smallest absolute Gasteiger partial charge is 0.247 e. The fraction of sp³-hybridized carbons (Fsp3) is 0.100. The molecule has 0 fully saturated rings. The van der Waals surface area contributed by atoms with E-state index < -0.39 is 0 Å². The molecule has 0 aliphatic rings. The van der Waals surface area contributed by atoms with Gasteiger partial charge in [-0.05, 0) is 29.8 Å². The van der Waals surface area contributed by atoms with E-state index in [-0.39, 0.29) is 6.04 Å². The summed E-state index contributed by atoms with van der Waals surface area (Å²) in [6.45, 7) is 0.702. The number of hydrogen-bond acceptors (Lipinski definition) is 4. The first-order valence-corrected chi connectivity index (χ1v) is 8.19. The molecule has 0 bridgehead atoms. The molecule has 2 aromatic heterocycles. The van der Waals surface area contributed by atoms with Crippen molar-refractivity contribution in [3.8, 4) is 11.5 Å². The molecular weight excluding hydrogens is 312 g/mol. The minimum atomic E-state index is -0.194. The maximum absolute atomic E-state index is 5.94. The van der Waals surface area contributed by atoms with Crippen LogP contribution < -0.4 is 5.32 Å². The van der Waals surface area contributed by atoms with E-state index in [4.69, 9.17) is 4.42 Å². The fourth-order valence-electron chi connectivity index (χ4n) is 2.72. The van der Waals surface area contributed by atoms with Crippen molar-refractivity contribution in [2.45, 2.75) is 12.6 Å². The summed E-state index contributed by atoms with van der Waals surface area (Å²) >= 11 is 0. The number of nitrogens with one attached hydrogen (secondary N) is 2. The van der Waals surface area contributed by atoms with Gasteiger partial charge in [-0.3, -0.25) is 5.32 Å². The van der Waals surface area contributed by atoms with Crippen molar-refractivity contribution in [2.75, 3.05) is 0 Å². The highest BCUT2D eigenvalue weighted by atomic mass is 16.4. The van der Waals surface area contributed by atoms with Crippen molar-refractivity contribution >= 4 is 0 Å². The second kappa shape index (κ2) is 7.15. The van der Waals surface area contributed by atoms with Crippen molar-refractivity contribution in [2.24, 2.45) is 0 Å². The molecule has 2 heterocycles. The molecule has 0 aliphatic heterocycles. The van der Waals surface area contributed by atoms with Gasteiger partial charge < -0.3 is 9.40 Å². The molecule has 0 saturated heterocycles. The Morgan fingerprint density at radius 1 is 0.880 bits per heavy atom. The summed E-state index contributed by atoms with van der Waals surface area (Å²) in [4.78, 5) is 3.23. The van der Waals surface area contributed by atoms with Gasteiger partial charge in [0.25, 0.3) is 0 Å². The van der Waals surface area contributed by atoms with Crippen molar-refractivity contribution in [1.82, 2.24) is 20.5 Å². The lowest BCUT2D eigenvalue weighted by molar-refractivity contribution is 0.434. The summed E-state index contributed by atoms with van der Waals surface area (Å²) in [5, 5.41) is 12.0. The zero-order valence-corrected chi connectivity index (χ0v) is 13.6. The number of nitrogens with zero attached hydrogens (tertiary/aromatic N) is 2. The van der Waals surface area contributed by atoms with Crippen LogP contribution in [0.3, 0.4) is 0 Å². The first kappa shape index (κ1) is 15.4. The molecule has 4 rings (SSSR count). The Balaban J connectivity index is 1.59. The number of benzene rings is 2. The molecule has 0 radical (unpaired) electrons. The lowest BCUT2D eigenvalue weighted by Gasteiger charge is -2.14. The zero-order chi connectivity index (χ0) is 16.9. The third-order valence-corrected chi connectivity index (χ3v) is 3.99. The molecule has 4 aromatic rings. The van der Waals surface area contributed by atoms with Gasteiger partial charge in [0.2, 0.25) is 11.8 Å². The van der Waals surface area contributed by atoms with Crippen LogP contribution in [0.4, 0.5) is 0 Å². The number of H-pyrrole nitrogens is 1. The Morgan fingerprint density at radius 2 is 1.64 bits per heavy atom. The van der Waals surface area contributed by atoms with Crippen LogP contribution in [0.1, 0.15) is 23.2 Å². The van der Waals surface area contributed by atoms with Crippen LogP contribution in [-0.4, -0.2) is 15.2 Å². The van der Waals surface area contributed by atoms with Crippen LogP contribution in [0, 0.1) is 0 Å². The SMILES string of the molecule is c1ccc(CNC(c2ccc[nH]2)c2nnc(-c3ccccc3)o2)cc1. The Morgan fingerprint density at radius 3 is 2.36 bits per heavy atom. The van der Waals surface area contributed by atoms with Crippen molar-refractivity contribution < 1.29 is 4.42 Å². The average Bonchev–Trinajstić information content (AvgIpc) is 3.36. The number of aromatic amines is 1. The Bertz CT molecular complexity index is 901. The lowest BCUT2D eigenvalue weighted by Crippen LogP contribution is -2.22. The summed E-state index contributed by atoms with van der Waals surface area (Å²) in [5.74, 6) is 1.06. The first-order valence-electron chi connectivity index (χ1n) is 8.19. The van der Waals surface area contributed by atoms with Crippen molar-refractivity contribution in [3.05, 3.63) is 96.1 Å². The van der Waals surface area contributed by atoms with E-state index in [0.29, 0.717) is 18.3 Å². The van der Waals surface area contributed by atoms with Crippen molar-refractivity contribution in [3.63, 3.8) is 0 Å². The quantitative estimate of drug-likeness (QED) is 0.562. The Kier molecular flexibility index (Phi) is 4.39. The highest BCUT2D eigenvalue weighted by molar-refractivity contribution is 5.51. The van der Waals surface area contributed by atoms with Crippen LogP contribution in [0.5, 0.6) is 0 Å². The van der Waals surface area contributed by atoms with Gasteiger partial charge in [-0.2, -0.15) is 0 Å². The zero-order valence-electron chi connectivity index (χ0n) is 13.6. The van der Waals surface area contributed by atoms with Gasteiger partial charge in [-0.1, -0.05) is 48.5 Å². The van der Waals surface area contributed by atoms with Crippen molar-refractivity contribution in [1.29, 1.82) is 0 Å². The molecule has 0 amide bonds. The molecule has 5 heteroatoms. The Hall–Kier alpha value is -3.18. The molecule has 0 saturated carbocycles. The topological polar surface area (TPSA) is 66.7 Å². The number of rotatable bonds is 6. The van der Waals surface area contributed by atoms with Gasteiger partial charge >= 0.3 is 0 Å². The summed E-state index contributed by atoms with van der Waals surface area (Å²) in [7, 11) is 0. The third-order valence-electron chi connectivity index (χ3n) is 3.99. The molecule has 0 spiro atoms. The van der Waals surface area contributed by atoms with E-state index in [1.165, 1.54) is 5.56 Å². The molecule has 1 atom stereocenters. The molecule has 1 unspecified atom stereocenters. The standard InChI is InChI=1S/C20H18N4O/c1-3-8-15(9-4-1)14-22-18(17-12-7-13-21-17)20-24-23-19(25-20)16-10-5-2-6-11-16/h1-13,18,21-22H,14H2. The summed E-state index contributed by atoms with van der Waals surface area (Å²) in [5.41, 5.74) is 3.09. The fourth-order valence-corrected chi connectivity index (χ4v) is 2.72. The van der Waals surface area contributed by atoms with E-state index in [0.717, 1.165) is 11.3 Å². The average molecular weight is 330 g/mol. The van der Waals surface area contributed by atoms with E-state index in [1.54, 1.807) is 0 Å². The first-order chi connectivity index (χ1) is 12.4. The molecule has 2 N–H and O–H groups in total. The van der Waals surface area contributed by atoms with Gasteiger partial charge in [-0.25, -0.2) is 0 Å². The molecule has 2 aromatic carbocycles. The second-order valence-electron chi connectivity index (χ2n) is 5.74. The van der Waals surface area contributed by atoms with Crippen LogP contribution in [0.2, 0.25) is 0 Å². The monoisotopic (exact) mass is 330 g/mol. The molecule has 25 heavy (non-hydrogen) atoms. The van der Waals surface area contributed by atoms with Crippen LogP contribution in [0.15, 0.2) is 83.4 Å². The second-order valence-corrected chi connectivity index (χ2v) is 5.74. The van der Waals surface area contributed by atoms with Gasteiger partial charge in [-0.15, -0.1) is 10.2 Å². The highest BCUT2D eigenvalue weighted by Gasteiger charge is 2.21. The lowest BCUT2D eigenvalue weighted by atomic mass is 10.1.